The molecule has 0 aliphatic carbocycles. The number of aliphatic hydroxyl groups excluding tert-OH is 1. The number of hydrogen-bond donors (Lipinski definition) is 2. The van der Waals surface area contributed by atoms with Gasteiger partial charge in [0.1, 0.15) is 0 Å². The molecule has 12 heavy (non-hydrogen) atoms. The van der Waals surface area contributed by atoms with Gasteiger partial charge in [0.25, 0.3) is 0 Å². The molecule has 0 aromatic rings. The molecule has 0 aliphatic rings. The first-order valence-corrected chi connectivity index (χ1v) is 3.63. The van der Waals surface area contributed by atoms with Gasteiger partial charge in [0.2, 0.25) is 0 Å². The van der Waals surface area contributed by atoms with E-state index in [2.05, 4.69) is 4.74 Å². The molecule has 0 amide bonds. The van der Waals surface area contributed by atoms with Crippen LogP contribution in [0.4, 0.5) is 0 Å². The summed E-state index contributed by atoms with van der Waals surface area (Å²) < 4.78 is 9.19. The lowest BCUT2D eigenvalue weighted by Gasteiger charge is -2.18. The van der Waals surface area contributed by atoms with E-state index in [1.165, 1.54) is 14.2 Å². The van der Waals surface area contributed by atoms with Gasteiger partial charge in [-0.05, 0) is 0 Å². The average Bonchev–Trinajstić information content (AvgIpc) is 2.06. The van der Waals surface area contributed by atoms with E-state index >= 15 is 0 Å². The standard InChI is InChI=1S/C7H15NO4/c1-11-6(4-8)5(9)3-7(10)12-2/h5-6,9H,3-4,8H2,1-2H3/t5-,6+/m0/s1. The first-order valence-electron chi connectivity index (χ1n) is 3.63. The normalized spacial score (nSPS) is 15.3. The van der Waals surface area contributed by atoms with Crippen LogP contribution in [0.1, 0.15) is 6.42 Å². The first-order chi connectivity index (χ1) is 5.65. The second kappa shape index (κ2) is 5.93. The van der Waals surface area contributed by atoms with Crippen molar-refractivity contribution in [1.29, 1.82) is 0 Å². The van der Waals surface area contributed by atoms with E-state index in [1.54, 1.807) is 0 Å². The van der Waals surface area contributed by atoms with Gasteiger partial charge < -0.3 is 20.3 Å². The molecule has 2 atom stereocenters. The van der Waals surface area contributed by atoms with E-state index < -0.39 is 18.2 Å². The van der Waals surface area contributed by atoms with E-state index in [1.807, 2.05) is 0 Å². The van der Waals surface area contributed by atoms with Crippen LogP contribution in [-0.2, 0) is 14.3 Å². The van der Waals surface area contributed by atoms with Crippen LogP contribution in [0.2, 0.25) is 0 Å². The van der Waals surface area contributed by atoms with Crippen LogP contribution in [0.25, 0.3) is 0 Å². The Labute approximate surface area is 71.5 Å². The van der Waals surface area contributed by atoms with Gasteiger partial charge >= 0.3 is 5.97 Å². The van der Waals surface area contributed by atoms with Gasteiger partial charge in [0.05, 0.1) is 25.7 Å². The summed E-state index contributed by atoms with van der Waals surface area (Å²) in [6.45, 7) is 0.175. The molecule has 0 unspecified atom stereocenters. The monoisotopic (exact) mass is 177 g/mol. The molecule has 0 rings (SSSR count). The Balaban J connectivity index is 3.83. The smallest absolute Gasteiger partial charge is 0.308 e. The zero-order valence-electron chi connectivity index (χ0n) is 7.32. The van der Waals surface area contributed by atoms with Crippen LogP contribution in [0.3, 0.4) is 0 Å². The number of hydrogen-bond acceptors (Lipinski definition) is 5. The van der Waals surface area contributed by atoms with E-state index in [4.69, 9.17) is 10.5 Å². The largest absolute Gasteiger partial charge is 0.469 e. The lowest BCUT2D eigenvalue weighted by Crippen LogP contribution is -2.36. The summed E-state index contributed by atoms with van der Waals surface area (Å²) in [4.78, 5) is 10.7. The van der Waals surface area contributed by atoms with Gasteiger partial charge in [-0.2, -0.15) is 0 Å². The number of ether oxygens (including phenoxy) is 2. The maximum Gasteiger partial charge on any atom is 0.308 e. The highest BCUT2D eigenvalue weighted by molar-refractivity contribution is 5.69. The molecule has 0 heterocycles. The Morgan fingerprint density at radius 2 is 2.17 bits per heavy atom. The molecule has 0 aromatic carbocycles. The van der Waals surface area contributed by atoms with Crippen molar-refractivity contribution < 1.29 is 19.4 Å². The Bertz CT molecular complexity index is 135. The maximum absolute atomic E-state index is 10.7. The van der Waals surface area contributed by atoms with Crippen LogP contribution in [0.5, 0.6) is 0 Å². The third kappa shape index (κ3) is 3.66. The number of carbonyl (C=O) groups is 1. The minimum atomic E-state index is -0.896. The second-order valence-electron chi connectivity index (χ2n) is 2.36. The Morgan fingerprint density at radius 3 is 2.50 bits per heavy atom. The van der Waals surface area contributed by atoms with Crippen LogP contribution in [-0.4, -0.2) is 44.0 Å². The predicted octanol–water partition coefficient (Wildman–Crippen LogP) is -1.12. The Kier molecular flexibility index (Phi) is 5.61. The molecule has 0 spiro atoms. The first kappa shape index (κ1) is 11.4. The molecule has 5 heteroatoms. The fourth-order valence-corrected chi connectivity index (χ4v) is 0.796. The van der Waals surface area contributed by atoms with Crippen molar-refractivity contribution in [3.8, 4) is 0 Å². The molecule has 0 fully saturated rings. The van der Waals surface area contributed by atoms with E-state index in [9.17, 15) is 9.90 Å². The Morgan fingerprint density at radius 1 is 1.58 bits per heavy atom. The molecule has 3 N–H and O–H groups in total. The lowest BCUT2D eigenvalue weighted by molar-refractivity contribution is -0.144. The zero-order chi connectivity index (χ0) is 9.56. The number of nitrogens with two attached hydrogens (primary N) is 1. The molecule has 0 saturated heterocycles. The quantitative estimate of drug-likeness (QED) is 0.520. The summed E-state index contributed by atoms with van der Waals surface area (Å²) in [6, 6.07) is 0. The molecule has 5 nitrogen and oxygen atoms in total. The fourth-order valence-electron chi connectivity index (χ4n) is 0.796. The maximum atomic E-state index is 10.7. The highest BCUT2D eigenvalue weighted by Crippen LogP contribution is 2.02. The molecule has 0 aliphatic heterocycles. The molecule has 72 valence electrons. The van der Waals surface area contributed by atoms with Crippen LogP contribution in [0.15, 0.2) is 0 Å². The summed E-state index contributed by atoms with van der Waals surface area (Å²) >= 11 is 0. The number of esters is 1. The molecule has 0 aromatic heterocycles. The highest BCUT2D eigenvalue weighted by Gasteiger charge is 2.20. The number of rotatable bonds is 5. The van der Waals surface area contributed by atoms with Crippen molar-refractivity contribution in [2.75, 3.05) is 20.8 Å². The lowest BCUT2D eigenvalue weighted by atomic mass is 10.1. The van der Waals surface area contributed by atoms with Gasteiger partial charge in [0, 0.05) is 13.7 Å². The van der Waals surface area contributed by atoms with Crippen molar-refractivity contribution in [2.45, 2.75) is 18.6 Å². The summed E-state index contributed by atoms with van der Waals surface area (Å²) in [5, 5.41) is 9.30. The molecular weight excluding hydrogens is 162 g/mol. The van der Waals surface area contributed by atoms with Crippen molar-refractivity contribution in [3.05, 3.63) is 0 Å². The van der Waals surface area contributed by atoms with Crippen molar-refractivity contribution in [1.82, 2.24) is 0 Å². The minimum absolute atomic E-state index is 0.0911. The van der Waals surface area contributed by atoms with Gasteiger partial charge in [0.15, 0.2) is 0 Å². The van der Waals surface area contributed by atoms with Crippen LogP contribution in [0, 0.1) is 0 Å². The third-order valence-corrected chi connectivity index (χ3v) is 1.57. The zero-order valence-corrected chi connectivity index (χ0v) is 7.32. The van der Waals surface area contributed by atoms with Crippen molar-refractivity contribution >= 4 is 5.97 Å². The number of aliphatic hydroxyl groups is 1. The molecule has 0 saturated carbocycles. The number of methoxy groups -OCH3 is 2. The van der Waals surface area contributed by atoms with Gasteiger partial charge in [-0.15, -0.1) is 0 Å². The van der Waals surface area contributed by atoms with Crippen LogP contribution < -0.4 is 5.73 Å². The summed E-state index contributed by atoms with van der Waals surface area (Å²) in [5.41, 5.74) is 5.26. The third-order valence-electron chi connectivity index (χ3n) is 1.57. The van der Waals surface area contributed by atoms with Gasteiger partial charge in [-0.25, -0.2) is 0 Å². The van der Waals surface area contributed by atoms with Crippen molar-refractivity contribution in [3.63, 3.8) is 0 Å². The fraction of sp³-hybridized carbons (Fsp3) is 0.857. The summed E-state index contributed by atoms with van der Waals surface area (Å²) in [5.74, 6) is -0.474. The SMILES string of the molecule is COC(=O)C[C@H](O)[C@@H](CN)OC. The second-order valence-corrected chi connectivity index (χ2v) is 2.36. The Hall–Kier alpha value is -0.650. The minimum Gasteiger partial charge on any atom is -0.469 e. The van der Waals surface area contributed by atoms with E-state index in [-0.39, 0.29) is 13.0 Å². The van der Waals surface area contributed by atoms with Crippen LogP contribution >= 0.6 is 0 Å². The number of carbonyl (C=O) groups excluding carboxylic acids is 1. The summed E-state index contributed by atoms with van der Waals surface area (Å²) in [6.07, 6.45) is -1.50. The van der Waals surface area contributed by atoms with Gasteiger partial charge in [-0.1, -0.05) is 0 Å². The molecule has 0 bridgehead atoms. The molecular formula is C7H15NO4. The highest BCUT2D eigenvalue weighted by atomic mass is 16.5. The van der Waals surface area contributed by atoms with Gasteiger partial charge in [-0.3, -0.25) is 4.79 Å². The van der Waals surface area contributed by atoms with Crippen molar-refractivity contribution in [2.24, 2.45) is 5.73 Å². The average molecular weight is 177 g/mol. The predicted molar refractivity (Wildman–Crippen MR) is 42.5 cm³/mol. The topological polar surface area (TPSA) is 81.8 Å². The van der Waals surface area contributed by atoms with E-state index in [0.29, 0.717) is 0 Å². The van der Waals surface area contributed by atoms with E-state index in [0.717, 1.165) is 0 Å². The summed E-state index contributed by atoms with van der Waals surface area (Å²) in [7, 11) is 2.69. The molecule has 0 radical (unpaired) electrons.